The average Bonchev–Trinajstić information content (AvgIpc) is 2.02. The van der Waals surface area contributed by atoms with Crippen LogP contribution in [0.3, 0.4) is 0 Å². The van der Waals surface area contributed by atoms with E-state index in [0.29, 0.717) is 0 Å². The van der Waals surface area contributed by atoms with Crippen LogP contribution in [0.4, 0.5) is 0 Å². The largest absolute Gasteiger partial charge is 0.395 e. The van der Waals surface area contributed by atoms with Crippen molar-refractivity contribution in [1.82, 2.24) is 4.90 Å². The van der Waals surface area contributed by atoms with Crippen molar-refractivity contribution in [2.75, 3.05) is 20.7 Å². The van der Waals surface area contributed by atoms with Crippen LogP contribution in [-0.2, 0) is 0 Å². The van der Waals surface area contributed by atoms with Crippen LogP contribution in [0.25, 0.3) is 0 Å². The summed E-state index contributed by atoms with van der Waals surface area (Å²) in [6, 6.07) is -0.853. The van der Waals surface area contributed by atoms with Gasteiger partial charge in [0.05, 0.1) is 18.8 Å². The van der Waals surface area contributed by atoms with Crippen molar-refractivity contribution in [2.24, 2.45) is 0 Å². The molecule has 86 valence electrons. The molecule has 4 atom stereocenters. The van der Waals surface area contributed by atoms with Crippen molar-refractivity contribution >= 4 is 11.6 Å². The Morgan fingerprint density at radius 3 is 2.00 bits per heavy atom. The molecule has 0 amide bonds. The normalized spacial score (nSPS) is 22.9. The first-order valence-electron chi connectivity index (χ1n) is 4.29. The minimum Gasteiger partial charge on any atom is -0.395 e. The molecule has 0 aliphatic rings. The maximum Gasteiger partial charge on any atom is 0.184 e. The second-order valence-electron chi connectivity index (χ2n) is 3.58. The molecule has 0 aromatic rings. The predicted molar refractivity (Wildman–Crippen MR) is 53.1 cm³/mol. The zero-order valence-corrected chi connectivity index (χ0v) is 9.31. The third kappa shape index (κ3) is 3.05. The molecular weight excluding hydrogens is 210 g/mol. The molecule has 5 nitrogen and oxygen atoms in total. The molecule has 0 saturated heterocycles. The molecule has 0 bridgehead atoms. The lowest BCUT2D eigenvalue weighted by atomic mass is 10.0. The molecule has 0 saturated carbocycles. The summed E-state index contributed by atoms with van der Waals surface area (Å²) >= 11 is 5.69. The smallest absolute Gasteiger partial charge is 0.184 e. The van der Waals surface area contributed by atoms with E-state index in [1.54, 1.807) is 14.1 Å². The van der Waals surface area contributed by atoms with Crippen LogP contribution in [-0.4, -0.2) is 69.3 Å². The van der Waals surface area contributed by atoms with Gasteiger partial charge in [-0.15, -0.1) is 0 Å². The molecule has 0 aromatic heterocycles. The zero-order chi connectivity index (χ0) is 11.5. The minimum atomic E-state index is -2.08. The first-order valence-corrected chi connectivity index (χ1v) is 4.67. The Morgan fingerprint density at radius 2 is 1.79 bits per heavy atom. The van der Waals surface area contributed by atoms with Gasteiger partial charge in [-0.05, 0) is 21.0 Å². The van der Waals surface area contributed by atoms with E-state index in [0.717, 1.165) is 0 Å². The molecule has 4 N–H and O–H groups in total. The number of nitrogens with zero attached hydrogens (tertiary/aromatic N) is 1. The summed E-state index contributed by atoms with van der Waals surface area (Å²) in [5.41, 5.74) is 0. The maximum absolute atomic E-state index is 9.74. The number of likely N-dealkylation sites (N-methyl/N-ethyl adjacent to an activating group) is 1. The van der Waals surface area contributed by atoms with E-state index in [-0.39, 0.29) is 0 Å². The molecule has 14 heavy (non-hydrogen) atoms. The van der Waals surface area contributed by atoms with Gasteiger partial charge in [-0.1, -0.05) is 11.6 Å². The van der Waals surface area contributed by atoms with Crippen LogP contribution in [0.2, 0.25) is 0 Å². The third-order valence-electron chi connectivity index (χ3n) is 2.14. The van der Waals surface area contributed by atoms with Crippen LogP contribution in [0.1, 0.15) is 6.92 Å². The predicted octanol–water partition coefficient (Wildman–Crippen LogP) is -1.42. The van der Waals surface area contributed by atoms with Gasteiger partial charge < -0.3 is 25.3 Å². The number of aliphatic hydroxyl groups excluding tert-OH is 3. The molecule has 0 spiro atoms. The highest BCUT2D eigenvalue weighted by Crippen LogP contribution is 2.25. The Hall–Kier alpha value is 0.0900. The molecule has 0 fully saturated rings. The molecule has 0 aliphatic carbocycles. The monoisotopic (exact) mass is 227 g/mol. The summed E-state index contributed by atoms with van der Waals surface area (Å²) in [6.07, 6.45) is -2.70. The van der Waals surface area contributed by atoms with Crippen molar-refractivity contribution < 1.29 is 20.4 Å². The lowest BCUT2D eigenvalue weighted by Crippen LogP contribution is -2.58. The van der Waals surface area contributed by atoms with Crippen molar-refractivity contribution in [3.05, 3.63) is 0 Å². The Kier molecular flexibility index (Phi) is 5.28. The van der Waals surface area contributed by atoms with Gasteiger partial charge in [-0.3, -0.25) is 0 Å². The third-order valence-corrected chi connectivity index (χ3v) is 2.61. The maximum atomic E-state index is 9.74. The fourth-order valence-electron chi connectivity index (χ4n) is 1.19. The number of alkyl halides is 1. The average molecular weight is 228 g/mol. The number of hydrogen-bond acceptors (Lipinski definition) is 5. The second-order valence-corrected chi connectivity index (χ2v) is 4.18. The first-order chi connectivity index (χ1) is 6.25. The van der Waals surface area contributed by atoms with Crippen molar-refractivity contribution in [2.45, 2.75) is 30.2 Å². The van der Waals surface area contributed by atoms with Gasteiger partial charge in [0.25, 0.3) is 0 Å². The van der Waals surface area contributed by atoms with Crippen molar-refractivity contribution in [1.29, 1.82) is 0 Å². The Bertz CT molecular complexity index is 175. The standard InChI is InChI=1S/C8H18ClNO4/c1-5(12)7(13)8(9,14)6(4-11)10(2)3/h5-7,11-14H,4H2,1-3H3. The molecule has 0 rings (SSSR count). The summed E-state index contributed by atoms with van der Waals surface area (Å²) < 4.78 is 0. The number of rotatable bonds is 5. The molecule has 6 heteroatoms. The number of hydrogen-bond donors (Lipinski definition) is 4. The SMILES string of the molecule is CC(O)C(O)C(O)(Cl)C(CO)N(C)C. The minimum absolute atomic E-state index is 0.420. The summed E-state index contributed by atoms with van der Waals surface area (Å²) in [5, 5.41) is 35.2. The van der Waals surface area contributed by atoms with Crippen molar-refractivity contribution in [3.8, 4) is 0 Å². The molecule has 0 aliphatic heterocycles. The zero-order valence-electron chi connectivity index (χ0n) is 8.55. The summed E-state index contributed by atoms with van der Waals surface area (Å²) in [4.78, 5) is 1.47. The summed E-state index contributed by atoms with van der Waals surface area (Å²) in [6.45, 7) is 0.888. The highest BCUT2D eigenvalue weighted by atomic mass is 35.5. The summed E-state index contributed by atoms with van der Waals surface area (Å²) in [5.74, 6) is 0. The Balaban J connectivity index is 4.71. The fourth-order valence-corrected chi connectivity index (χ4v) is 1.64. The molecule has 4 unspecified atom stereocenters. The lowest BCUT2D eigenvalue weighted by Gasteiger charge is -2.38. The van der Waals surface area contributed by atoms with E-state index >= 15 is 0 Å². The van der Waals surface area contributed by atoms with Crippen LogP contribution in [0.15, 0.2) is 0 Å². The van der Waals surface area contributed by atoms with Gasteiger partial charge >= 0.3 is 0 Å². The highest BCUT2D eigenvalue weighted by Gasteiger charge is 2.44. The van der Waals surface area contributed by atoms with E-state index in [4.69, 9.17) is 21.8 Å². The van der Waals surface area contributed by atoms with Crippen LogP contribution in [0, 0.1) is 0 Å². The number of aliphatic hydroxyl groups is 4. The molecular formula is C8H18ClNO4. The van der Waals surface area contributed by atoms with E-state index in [1.807, 2.05) is 0 Å². The molecule has 0 radical (unpaired) electrons. The van der Waals surface area contributed by atoms with Gasteiger partial charge in [-0.25, -0.2) is 0 Å². The number of halogens is 1. The Labute approximate surface area is 88.5 Å². The topological polar surface area (TPSA) is 84.2 Å². The fraction of sp³-hybridized carbons (Fsp3) is 1.00. The van der Waals surface area contributed by atoms with E-state index in [1.165, 1.54) is 11.8 Å². The van der Waals surface area contributed by atoms with Crippen molar-refractivity contribution in [3.63, 3.8) is 0 Å². The lowest BCUT2D eigenvalue weighted by molar-refractivity contribution is -0.113. The quantitative estimate of drug-likeness (QED) is 0.433. The molecule has 0 aromatic carbocycles. The van der Waals surface area contributed by atoms with E-state index in [2.05, 4.69) is 0 Å². The van der Waals surface area contributed by atoms with Gasteiger partial charge in [-0.2, -0.15) is 0 Å². The Morgan fingerprint density at radius 1 is 1.36 bits per heavy atom. The van der Waals surface area contributed by atoms with Gasteiger partial charge in [0.1, 0.15) is 6.10 Å². The van der Waals surface area contributed by atoms with Crippen LogP contribution in [0.5, 0.6) is 0 Å². The molecule has 0 heterocycles. The van der Waals surface area contributed by atoms with Gasteiger partial charge in [0, 0.05) is 0 Å². The van der Waals surface area contributed by atoms with E-state index in [9.17, 15) is 10.2 Å². The van der Waals surface area contributed by atoms with Gasteiger partial charge in [0.2, 0.25) is 0 Å². The van der Waals surface area contributed by atoms with Crippen LogP contribution < -0.4 is 0 Å². The van der Waals surface area contributed by atoms with Crippen LogP contribution >= 0.6 is 11.6 Å². The first kappa shape index (κ1) is 14.1. The van der Waals surface area contributed by atoms with E-state index < -0.39 is 29.9 Å². The van der Waals surface area contributed by atoms with Gasteiger partial charge in [0.15, 0.2) is 5.06 Å². The summed E-state index contributed by atoms with van der Waals surface area (Å²) in [7, 11) is 3.20. The second kappa shape index (κ2) is 5.25. The highest BCUT2D eigenvalue weighted by molar-refractivity contribution is 6.23.